The molecule has 6 heteroatoms. The zero-order chi connectivity index (χ0) is 14.9. The van der Waals surface area contributed by atoms with Gasteiger partial charge in [-0.15, -0.1) is 0 Å². The molecule has 1 fully saturated rings. The third-order valence-corrected chi connectivity index (χ3v) is 5.66. The van der Waals surface area contributed by atoms with E-state index in [0.717, 1.165) is 18.4 Å². The summed E-state index contributed by atoms with van der Waals surface area (Å²) in [6.07, 6.45) is 5.07. The normalized spacial score (nSPS) is 19.7. The number of aromatic nitrogens is 1. The third-order valence-electron chi connectivity index (χ3n) is 3.76. The van der Waals surface area contributed by atoms with Crippen LogP contribution in [0.5, 0.6) is 0 Å². The molecule has 1 saturated heterocycles. The first-order chi connectivity index (χ1) is 10.1. The number of sulfonamides is 1. The molecule has 0 spiro atoms. The van der Waals surface area contributed by atoms with Crippen molar-refractivity contribution in [3.63, 3.8) is 0 Å². The summed E-state index contributed by atoms with van der Waals surface area (Å²) in [4.78, 5) is 4.24. The Morgan fingerprint density at radius 1 is 1.19 bits per heavy atom. The average Bonchev–Trinajstić information content (AvgIpc) is 2.98. The van der Waals surface area contributed by atoms with Crippen LogP contribution in [0.2, 0.25) is 0 Å². The van der Waals surface area contributed by atoms with E-state index >= 15 is 0 Å². The summed E-state index contributed by atoms with van der Waals surface area (Å²) in [5, 5.41) is 0. The topological polar surface area (TPSA) is 76.3 Å². The van der Waals surface area contributed by atoms with Crippen LogP contribution in [-0.2, 0) is 10.0 Å². The molecule has 5 nitrogen and oxygen atoms in total. The number of hydrogen-bond acceptors (Lipinski definition) is 4. The van der Waals surface area contributed by atoms with E-state index < -0.39 is 10.0 Å². The average molecular weight is 303 g/mol. The largest absolute Gasteiger partial charge is 0.399 e. The molecule has 1 unspecified atom stereocenters. The molecule has 21 heavy (non-hydrogen) atoms. The molecule has 2 heterocycles. The van der Waals surface area contributed by atoms with Gasteiger partial charge < -0.3 is 5.73 Å². The van der Waals surface area contributed by atoms with Crippen LogP contribution in [0.3, 0.4) is 0 Å². The fraction of sp³-hybridized carbons (Fsp3) is 0.267. The van der Waals surface area contributed by atoms with Crippen LogP contribution in [0.15, 0.2) is 53.7 Å². The SMILES string of the molecule is Nc1cccc(S(=O)(=O)N2CCCC2c2ccncc2)c1. The summed E-state index contributed by atoms with van der Waals surface area (Å²) in [6.45, 7) is 0.532. The molecule has 3 rings (SSSR count). The molecule has 0 amide bonds. The van der Waals surface area contributed by atoms with Crippen LogP contribution in [0.4, 0.5) is 5.69 Å². The molecule has 0 radical (unpaired) electrons. The quantitative estimate of drug-likeness (QED) is 0.882. The van der Waals surface area contributed by atoms with Gasteiger partial charge in [-0.2, -0.15) is 4.31 Å². The van der Waals surface area contributed by atoms with Gasteiger partial charge in [-0.05, 0) is 48.7 Å². The Balaban J connectivity index is 1.98. The smallest absolute Gasteiger partial charge is 0.243 e. The maximum atomic E-state index is 12.8. The van der Waals surface area contributed by atoms with E-state index in [-0.39, 0.29) is 10.9 Å². The Kier molecular flexibility index (Phi) is 3.65. The monoisotopic (exact) mass is 303 g/mol. The van der Waals surface area contributed by atoms with Gasteiger partial charge in [0, 0.05) is 24.6 Å². The molecule has 2 N–H and O–H groups in total. The molecular weight excluding hydrogens is 286 g/mol. The molecule has 1 aliphatic heterocycles. The van der Waals surface area contributed by atoms with Gasteiger partial charge in [0.1, 0.15) is 0 Å². The standard InChI is InChI=1S/C15H17N3O2S/c16-13-3-1-4-14(11-13)21(19,20)18-10-2-5-15(18)12-6-8-17-9-7-12/h1,3-4,6-9,11,15H,2,5,10,16H2. The van der Waals surface area contributed by atoms with Gasteiger partial charge in [-0.25, -0.2) is 8.42 Å². The van der Waals surface area contributed by atoms with E-state index in [0.29, 0.717) is 12.2 Å². The van der Waals surface area contributed by atoms with Crippen molar-refractivity contribution in [2.45, 2.75) is 23.8 Å². The van der Waals surface area contributed by atoms with Crippen molar-refractivity contribution in [3.8, 4) is 0 Å². The number of benzene rings is 1. The minimum Gasteiger partial charge on any atom is -0.399 e. The van der Waals surface area contributed by atoms with Gasteiger partial charge in [0.05, 0.1) is 10.9 Å². The Hall–Kier alpha value is -1.92. The second-order valence-corrected chi connectivity index (χ2v) is 7.02. The predicted octanol–water partition coefficient (Wildman–Crippen LogP) is 2.19. The second kappa shape index (κ2) is 5.46. The predicted molar refractivity (Wildman–Crippen MR) is 81.0 cm³/mol. The molecule has 1 atom stereocenters. The molecular formula is C15H17N3O2S. The van der Waals surface area contributed by atoms with Crippen LogP contribution in [0.25, 0.3) is 0 Å². The minimum atomic E-state index is -3.53. The van der Waals surface area contributed by atoms with Crippen molar-refractivity contribution in [1.29, 1.82) is 0 Å². The highest BCUT2D eigenvalue weighted by Gasteiger charge is 2.36. The van der Waals surface area contributed by atoms with E-state index in [4.69, 9.17) is 5.73 Å². The Labute approximate surface area is 124 Å². The Morgan fingerprint density at radius 2 is 1.95 bits per heavy atom. The number of rotatable bonds is 3. The summed E-state index contributed by atoms with van der Waals surface area (Å²) in [5.41, 5.74) is 7.14. The second-order valence-electron chi connectivity index (χ2n) is 5.13. The summed E-state index contributed by atoms with van der Waals surface area (Å²) in [7, 11) is -3.53. The first-order valence-electron chi connectivity index (χ1n) is 6.86. The highest BCUT2D eigenvalue weighted by Crippen LogP contribution is 2.36. The molecule has 1 aliphatic rings. The molecule has 2 aromatic rings. The van der Waals surface area contributed by atoms with Crippen molar-refractivity contribution >= 4 is 15.7 Å². The lowest BCUT2D eigenvalue weighted by atomic mass is 10.1. The lowest BCUT2D eigenvalue weighted by Gasteiger charge is -2.24. The van der Waals surface area contributed by atoms with Crippen molar-refractivity contribution in [2.75, 3.05) is 12.3 Å². The maximum absolute atomic E-state index is 12.8. The van der Waals surface area contributed by atoms with E-state index in [1.165, 1.54) is 6.07 Å². The van der Waals surface area contributed by atoms with E-state index in [1.807, 2.05) is 12.1 Å². The van der Waals surface area contributed by atoms with Crippen molar-refractivity contribution in [3.05, 3.63) is 54.4 Å². The first-order valence-corrected chi connectivity index (χ1v) is 8.30. The van der Waals surface area contributed by atoms with Gasteiger partial charge in [-0.1, -0.05) is 6.07 Å². The number of nitrogens with zero attached hydrogens (tertiary/aromatic N) is 2. The van der Waals surface area contributed by atoms with Crippen LogP contribution in [0, 0.1) is 0 Å². The lowest BCUT2D eigenvalue weighted by Crippen LogP contribution is -2.30. The number of nitrogens with two attached hydrogens (primary N) is 1. The van der Waals surface area contributed by atoms with Gasteiger partial charge >= 0.3 is 0 Å². The highest BCUT2D eigenvalue weighted by molar-refractivity contribution is 7.89. The minimum absolute atomic E-state index is 0.126. The molecule has 0 saturated carbocycles. The van der Waals surface area contributed by atoms with Crippen LogP contribution < -0.4 is 5.73 Å². The molecule has 1 aromatic carbocycles. The Bertz CT molecular complexity index is 732. The van der Waals surface area contributed by atoms with Gasteiger partial charge in [0.2, 0.25) is 10.0 Å². The van der Waals surface area contributed by atoms with Crippen molar-refractivity contribution in [1.82, 2.24) is 9.29 Å². The van der Waals surface area contributed by atoms with Crippen molar-refractivity contribution < 1.29 is 8.42 Å². The fourth-order valence-electron chi connectivity index (χ4n) is 2.76. The zero-order valence-electron chi connectivity index (χ0n) is 11.5. The molecule has 110 valence electrons. The van der Waals surface area contributed by atoms with Gasteiger partial charge in [-0.3, -0.25) is 4.98 Å². The highest BCUT2D eigenvalue weighted by atomic mass is 32.2. The molecule has 0 aliphatic carbocycles. The van der Waals surface area contributed by atoms with Gasteiger partial charge in [0.25, 0.3) is 0 Å². The van der Waals surface area contributed by atoms with Crippen LogP contribution in [-0.4, -0.2) is 24.3 Å². The van der Waals surface area contributed by atoms with Crippen LogP contribution >= 0.6 is 0 Å². The lowest BCUT2D eigenvalue weighted by molar-refractivity contribution is 0.396. The number of hydrogen-bond donors (Lipinski definition) is 1. The van der Waals surface area contributed by atoms with E-state index in [1.54, 1.807) is 34.9 Å². The summed E-state index contributed by atoms with van der Waals surface area (Å²) in [5.74, 6) is 0. The molecule has 1 aromatic heterocycles. The first kappa shape index (κ1) is 14.0. The number of anilines is 1. The Morgan fingerprint density at radius 3 is 2.67 bits per heavy atom. The number of pyridine rings is 1. The maximum Gasteiger partial charge on any atom is 0.243 e. The molecule has 0 bridgehead atoms. The van der Waals surface area contributed by atoms with E-state index in [9.17, 15) is 8.42 Å². The summed E-state index contributed by atoms with van der Waals surface area (Å²) >= 11 is 0. The fourth-order valence-corrected chi connectivity index (χ4v) is 4.49. The summed E-state index contributed by atoms with van der Waals surface area (Å²) < 4.78 is 27.2. The third kappa shape index (κ3) is 2.64. The van der Waals surface area contributed by atoms with E-state index in [2.05, 4.69) is 4.98 Å². The van der Waals surface area contributed by atoms with Crippen molar-refractivity contribution in [2.24, 2.45) is 0 Å². The van der Waals surface area contributed by atoms with Gasteiger partial charge in [0.15, 0.2) is 0 Å². The van der Waals surface area contributed by atoms with Crippen LogP contribution in [0.1, 0.15) is 24.4 Å². The number of nitrogen functional groups attached to an aromatic ring is 1. The zero-order valence-corrected chi connectivity index (χ0v) is 12.3. The summed E-state index contributed by atoms with van der Waals surface area (Å²) in [6, 6.07) is 10.1.